The molecule has 3 heterocycles. The molecule has 3 saturated heterocycles. The third-order valence-corrected chi connectivity index (χ3v) is 21.3. The first-order valence-corrected chi connectivity index (χ1v) is 42.1. The number of carbonyl (C=O) groups excluding carboxylic acids is 4. The predicted molar refractivity (Wildman–Crippen MR) is 517 cm³/mol. The molecule has 0 aliphatic carbocycles. The Morgan fingerprint density at radius 2 is 0.775 bits per heavy atom. The maximum absolute atomic E-state index is 15.1. The average Bonchev–Trinajstić information content (AvgIpc) is 1.79. The van der Waals surface area contributed by atoms with Gasteiger partial charge >= 0.3 is 25.3 Å². The number of nitrogens with two attached hydrogens (primary N) is 3. The minimum atomic E-state index is -1.39. The van der Waals surface area contributed by atoms with Gasteiger partial charge in [0.1, 0.15) is 47.0 Å². The average molecular weight is 2080 g/mol. The van der Waals surface area contributed by atoms with Gasteiger partial charge in [-0.25, -0.2) is 49.5 Å². The van der Waals surface area contributed by atoms with Gasteiger partial charge in [-0.15, -0.1) is 37.2 Å². The van der Waals surface area contributed by atoms with Crippen molar-refractivity contribution in [3.8, 4) is 44.5 Å². The highest BCUT2D eigenvalue weighted by molar-refractivity contribution is 9.11. The van der Waals surface area contributed by atoms with Gasteiger partial charge in [0.05, 0.1) is 52.0 Å². The minimum absolute atomic E-state index is 0. The summed E-state index contributed by atoms with van der Waals surface area (Å²) in [7, 11) is 2.46. The van der Waals surface area contributed by atoms with Crippen molar-refractivity contribution in [3.05, 3.63) is 281 Å². The molecule has 0 spiro atoms. The van der Waals surface area contributed by atoms with Crippen LogP contribution in [0.1, 0.15) is 74.7 Å². The van der Waals surface area contributed by atoms with E-state index < -0.39 is 114 Å². The van der Waals surface area contributed by atoms with Crippen LogP contribution in [-0.2, 0) is 23.9 Å². The standard InChI is InChI=1S/C22H23ClF2N2O3.C17H15ClF2N2O.2C12H9ClFN.C10H16FNO4.C6H6BBrO2.C6H5BrFN.C6H12ClN.3ClH/c1-22(2,3)30-21(29)27-12-13(24)11-18(27)20(28)26-17-10-6-8-15(19(17)25)14-7-4-5-9-16(14)23;18-13-6-2-1-4-11(13)12-5-3-7-14(16(12)20)22-17(23)15-8-10(19)9-21-15;2*13-10-6-2-1-4-8(10)9-5-3-7-11(15)12(9)14;1-10(2,3)16-9(15)12-5-6(11)4-7(12)8(13)14;8-6-4-2-1-3-5(6)7(9)10;7-4-2-1-3-5(9)6(4)8;1-5(2)6(7)8(3)4;;;/h4-10,13,18H,11-12H2,1-3H3,(H,26,28);1-7,10,15,21H,8-9H2,(H,22,23);2*1-7H,15H2;6-7H,4-5H2,1-3H3,(H,13,14);1-4,9-10H;1-3H,9H2;1-4H3;3*1H/t13-,18+;10-,15+;;;6-,7+;;;;;;/m11..1....../s1. The number of halogens is 18. The Morgan fingerprint density at radius 1 is 0.457 bits per heavy atom. The van der Waals surface area contributed by atoms with Crippen molar-refractivity contribution >= 4 is 198 Å². The molecule has 0 unspecified atom stereocenters. The molecule has 0 radical (unpaired) electrons. The lowest BCUT2D eigenvalue weighted by molar-refractivity contribution is -0.142. The molecule has 38 heteroatoms. The Balaban J connectivity index is 0.000000392. The van der Waals surface area contributed by atoms with E-state index in [9.17, 15) is 54.7 Å². The number of carbonyl (C=O) groups is 5. The number of likely N-dealkylation sites (tertiary alicyclic amines) is 2. The molecular weight excluding hydrogens is 1990 g/mol. The van der Waals surface area contributed by atoms with Gasteiger partial charge in [0.2, 0.25) is 11.8 Å². The Bertz CT molecular complexity index is 5320. The van der Waals surface area contributed by atoms with E-state index in [0.717, 1.165) is 20.5 Å². The summed E-state index contributed by atoms with van der Waals surface area (Å²) in [4.78, 5) is 63.5. The van der Waals surface area contributed by atoms with E-state index in [-0.39, 0.29) is 110 Å². The normalized spacial score (nSPS) is 15.6. The van der Waals surface area contributed by atoms with Crippen LogP contribution >= 0.6 is 127 Å². The third-order valence-electron chi connectivity index (χ3n) is 17.9. The summed E-state index contributed by atoms with van der Waals surface area (Å²) in [6.45, 7) is 13.7. The number of nitrogens with zero attached hydrogens (tertiary/aromatic N) is 3. The van der Waals surface area contributed by atoms with E-state index >= 15 is 4.39 Å². The van der Waals surface area contributed by atoms with E-state index in [4.69, 9.17) is 99.8 Å². The zero-order valence-electron chi connectivity index (χ0n) is 71.2. The molecule has 13 rings (SSSR count). The zero-order valence-corrected chi connectivity index (χ0v) is 80.6. The molecule has 696 valence electrons. The van der Waals surface area contributed by atoms with Gasteiger partial charge < -0.3 is 62.7 Å². The van der Waals surface area contributed by atoms with Crippen LogP contribution < -0.4 is 38.6 Å². The summed E-state index contributed by atoms with van der Waals surface area (Å²) in [5.74, 6) is -4.81. The summed E-state index contributed by atoms with van der Waals surface area (Å²) >= 11 is 36.1. The van der Waals surface area contributed by atoms with E-state index in [1.165, 1.54) is 30.3 Å². The Morgan fingerprint density at radius 3 is 1.09 bits per heavy atom. The van der Waals surface area contributed by atoms with E-state index in [1.54, 1.807) is 205 Å². The molecule has 19 nitrogen and oxygen atoms in total. The van der Waals surface area contributed by atoms with Crippen LogP contribution in [0.25, 0.3) is 44.5 Å². The number of benzene rings is 10. The number of aliphatic carboxylic acids is 1. The van der Waals surface area contributed by atoms with Crippen molar-refractivity contribution < 1.29 is 83.7 Å². The number of alkyl halides is 3. The van der Waals surface area contributed by atoms with Crippen molar-refractivity contribution in [2.75, 3.05) is 61.6 Å². The molecule has 10 aromatic carbocycles. The second-order valence-electron chi connectivity index (χ2n) is 30.5. The molecule has 129 heavy (non-hydrogen) atoms. The number of ether oxygens (including phenoxy) is 2. The Labute approximate surface area is 805 Å². The predicted octanol–water partition coefficient (Wildman–Crippen LogP) is 23.7. The van der Waals surface area contributed by atoms with Gasteiger partial charge in [0.25, 0.3) is 0 Å². The molecule has 0 saturated carbocycles. The first-order valence-electron chi connectivity index (χ1n) is 38.7. The van der Waals surface area contributed by atoms with Crippen LogP contribution in [0, 0.1) is 29.1 Å². The first kappa shape index (κ1) is 114. The number of nitrogens with one attached hydrogen (secondary N) is 3. The first-order chi connectivity index (χ1) is 59.2. The van der Waals surface area contributed by atoms with Crippen molar-refractivity contribution in [2.45, 2.75) is 122 Å². The van der Waals surface area contributed by atoms with Crippen LogP contribution in [0.4, 0.5) is 73.1 Å². The second-order valence-corrected chi connectivity index (χ2v) is 34.2. The van der Waals surface area contributed by atoms with Crippen LogP contribution in [0.2, 0.25) is 20.1 Å². The van der Waals surface area contributed by atoms with E-state index in [2.05, 4.69) is 47.8 Å². The molecule has 0 aromatic heterocycles. The van der Waals surface area contributed by atoms with Crippen LogP contribution in [0.3, 0.4) is 0 Å². The van der Waals surface area contributed by atoms with Gasteiger partial charge in [-0.3, -0.25) is 19.4 Å². The quantitative estimate of drug-likeness (QED) is 0.0252. The van der Waals surface area contributed by atoms with Crippen molar-refractivity contribution in [1.29, 1.82) is 0 Å². The molecular formula is C91H98BBr2Cl8F8N9O10. The summed E-state index contributed by atoms with van der Waals surface area (Å²) in [6, 6.07) is 55.8. The highest BCUT2D eigenvalue weighted by Crippen LogP contribution is 2.38. The van der Waals surface area contributed by atoms with Gasteiger partial charge in [0, 0.05) is 109 Å². The molecule has 10 aromatic rings. The fourth-order valence-corrected chi connectivity index (χ4v) is 13.8. The zero-order chi connectivity index (χ0) is 93.8. The summed E-state index contributed by atoms with van der Waals surface area (Å²) in [6.07, 6.45) is -5.54. The number of carboxylic acid groups (broad SMARTS) is 1. The van der Waals surface area contributed by atoms with Gasteiger partial charge in [-0.2, -0.15) is 0 Å². The smallest absolute Gasteiger partial charge is 0.480 e. The van der Waals surface area contributed by atoms with E-state index in [0.29, 0.717) is 73.4 Å². The summed E-state index contributed by atoms with van der Waals surface area (Å²) in [5, 5.41) is 36.7. The highest BCUT2D eigenvalue weighted by Gasteiger charge is 2.44. The Kier molecular flexibility index (Phi) is 47.6. The van der Waals surface area contributed by atoms with Crippen LogP contribution in [0.5, 0.6) is 0 Å². The van der Waals surface area contributed by atoms with Crippen molar-refractivity contribution in [3.63, 3.8) is 0 Å². The number of amides is 4. The molecule has 0 bridgehead atoms. The van der Waals surface area contributed by atoms with Gasteiger partial charge in [-0.1, -0.05) is 220 Å². The van der Waals surface area contributed by atoms with Crippen molar-refractivity contribution in [1.82, 2.24) is 20.0 Å². The largest absolute Gasteiger partial charge is 0.489 e. The maximum Gasteiger partial charge on any atom is 0.489 e. The number of carboxylic acids is 1. The number of anilines is 5. The topological polar surface area (TPSA) is 288 Å². The fraction of sp³-hybridized carbons (Fsp3) is 0.264. The second kappa shape index (κ2) is 53.9. The maximum atomic E-state index is 15.1. The molecule has 3 aliphatic heterocycles. The number of rotatable bonds is 11. The fourth-order valence-electron chi connectivity index (χ4n) is 12.0. The van der Waals surface area contributed by atoms with Gasteiger partial charge in [-0.05, 0) is 149 Å². The minimum Gasteiger partial charge on any atom is -0.480 e. The lowest BCUT2D eigenvalue weighted by atomic mass is 9.80. The number of hydrogen-bond donors (Lipinski definition) is 9. The number of nitrogen functional groups attached to an aromatic ring is 3. The molecule has 4 amide bonds. The lowest BCUT2D eigenvalue weighted by Crippen LogP contribution is -2.45. The molecule has 12 N–H and O–H groups in total. The number of allylic oxidation sites excluding steroid dienone is 1. The van der Waals surface area contributed by atoms with Gasteiger partial charge in [0.15, 0.2) is 29.1 Å². The molecule has 3 aliphatic rings. The number of hydrogen-bond acceptors (Lipinski definition) is 14. The highest BCUT2D eigenvalue weighted by atomic mass is 79.9. The summed E-state index contributed by atoms with van der Waals surface area (Å²) in [5.41, 5.74) is 20.5. The van der Waals surface area contributed by atoms with Crippen LogP contribution in [0.15, 0.2) is 232 Å². The SMILES string of the molecule is CC(C)(C)OC(=O)N1C[C@H](F)C[C@H]1C(=O)Nc1cccc(-c2ccccc2Cl)c1F.CC(C)(C)OC(=O)N1C[C@H](F)C[C@H]1C(=O)O.CC(C)=C(Cl)N(C)C.Cl.Cl.Cl.Nc1cccc(-c2ccccc2Cl)c1F.Nc1cccc(-c2ccccc2Cl)c1F.Nc1cccc(Br)c1F.O=C(Nc1cccc(-c2ccccc2Cl)c1F)[C@@H]1C[C@@H](F)CN1.OB(O)c1ccccc1Br. The molecule has 6 atom stereocenters. The lowest BCUT2D eigenvalue weighted by Gasteiger charge is -2.27. The van der Waals surface area contributed by atoms with Crippen LogP contribution in [-0.4, -0.2) is 149 Å². The summed E-state index contributed by atoms with van der Waals surface area (Å²) < 4.78 is 121. The van der Waals surface area contributed by atoms with E-state index in [1.807, 2.05) is 51.0 Å². The van der Waals surface area contributed by atoms with Crippen molar-refractivity contribution in [2.24, 2.45) is 0 Å². The molecule has 3 fully saturated rings. The monoisotopic (exact) mass is 2080 g/mol. The third kappa shape index (κ3) is 35.1. The Hall–Kier alpha value is -9.25.